The molecule has 8 rings (SSSR count). The van der Waals surface area contributed by atoms with E-state index >= 15 is 4.79 Å². The number of hydrogen-bond donors (Lipinski definition) is 2. The molecular formula is C60H98O4. The van der Waals surface area contributed by atoms with Gasteiger partial charge in [-0.2, -0.15) is 0 Å². The van der Waals surface area contributed by atoms with Crippen LogP contribution in [0.3, 0.4) is 0 Å². The van der Waals surface area contributed by atoms with Crippen LogP contribution in [0.25, 0.3) is 0 Å². The van der Waals surface area contributed by atoms with Crippen molar-refractivity contribution >= 4 is 11.6 Å². The number of aliphatic hydroxyl groups is 2. The van der Waals surface area contributed by atoms with E-state index in [1.165, 1.54) is 101 Å². The van der Waals surface area contributed by atoms with Gasteiger partial charge in [-0.05, 0) is 178 Å². The summed E-state index contributed by atoms with van der Waals surface area (Å²) in [6, 6.07) is 0. The van der Waals surface area contributed by atoms with E-state index in [1.807, 2.05) is 0 Å². The Kier molecular flexibility index (Phi) is 14.5. The molecule has 64 heavy (non-hydrogen) atoms. The summed E-state index contributed by atoms with van der Waals surface area (Å²) in [6.45, 7) is 26.8. The number of carbonyl (C=O) groups excluding carboxylic acids is 2. The molecule has 8 aliphatic rings. The minimum absolute atomic E-state index is 0.179. The third kappa shape index (κ3) is 8.50. The minimum atomic E-state index is -0.469. The third-order valence-corrected chi connectivity index (χ3v) is 22.9. The number of ketones is 2. The largest absolute Gasteiger partial charge is 0.393 e. The molecule has 6 saturated carbocycles. The van der Waals surface area contributed by atoms with E-state index < -0.39 is 12.2 Å². The number of fused-ring (bicyclic) bond motifs is 10. The van der Waals surface area contributed by atoms with Crippen molar-refractivity contribution in [2.75, 3.05) is 0 Å². The topological polar surface area (TPSA) is 74.6 Å². The molecule has 0 saturated heterocycles. The Bertz CT molecular complexity index is 1740. The van der Waals surface area contributed by atoms with Gasteiger partial charge < -0.3 is 10.2 Å². The summed E-state index contributed by atoms with van der Waals surface area (Å²) in [5.41, 5.74) is 3.10. The van der Waals surface area contributed by atoms with Gasteiger partial charge in [-0.15, -0.1) is 0 Å². The Morgan fingerprint density at radius 1 is 0.578 bits per heavy atom. The molecule has 19 atom stereocenters. The Morgan fingerprint density at radius 2 is 1.02 bits per heavy atom. The average molecular weight is 883 g/mol. The molecule has 0 heterocycles. The SMILES string of the molecule is CC(C)CCC[C@@H](C)[C@H]1CC[C@H]2[C@@H]3CC=C4C[C@@H](O)CC(C(=O)CCC(C)C(=O)C5C[C@H](O)CC6=CC[C@H]7[C@@H]8CC[C@H]([C@H](C)CCCC(C)C)[C@@]8(C)CC[C@@H]7[C@@]65C)[C@@]4(C)[C@H]3CC[C@]12C. The maximum Gasteiger partial charge on any atom is 0.139 e. The monoisotopic (exact) mass is 883 g/mol. The molecule has 0 aromatic carbocycles. The van der Waals surface area contributed by atoms with Crippen LogP contribution in [-0.2, 0) is 9.59 Å². The molecule has 6 fully saturated rings. The van der Waals surface area contributed by atoms with Crippen molar-refractivity contribution in [1.29, 1.82) is 0 Å². The van der Waals surface area contributed by atoms with Crippen LogP contribution < -0.4 is 0 Å². The van der Waals surface area contributed by atoms with E-state index in [-0.39, 0.29) is 34.4 Å². The predicted molar refractivity (Wildman–Crippen MR) is 264 cm³/mol. The van der Waals surface area contributed by atoms with Gasteiger partial charge in [-0.25, -0.2) is 0 Å². The van der Waals surface area contributed by atoms with Crippen LogP contribution in [0.1, 0.15) is 217 Å². The van der Waals surface area contributed by atoms with Gasteiger partial charge in [0.2, 0.25) is 0 Å². The number of rotatable bonds is 16. The molecule has 0 aromatic rings. The van der Waals surface area contributed by atoms with Crippen molar-refractivity contribution in [2.45, 2.75) is 230 Å². The van der Waals surface area contributed by atoms with E-state index in [0.717, 1.165) is 60.2 Å². The molecule has 0 bridgehead atoms. The lowest BCUT2D eigenvalue weighted by atomic mass is 9.44. The Balaban J connectivity index is 0.946. The molecule has 0 aliphatic heterocycles. The van der Waals surface area contributed by atoms with Crippen molar-refractivity contribution in [2.24, 2.45) is 110 Å². The van der Waals surface area contributed by atoms with Gasteiger partial charge in [0.1, 0.15) is 11.6 Å². The number of aliphatic hydroxyl groups excluding tert-OH is 2. The van der Waals surface area contributed by atoms with Crippen molar-refractivity contribution in [1.82, 2.24) is 0 Å². The van der Waals surface area contributed by atoms with Crippen molar-refractivity contribution in [3.8, 4) is 0 Å². The molecule has 4 nitrogen and oxygen atoms in total. The summed E-state index contributed by atoms with van der Waals surface area (Å²) in [5.74, 6) is 8.38. The van der Waals surface area contributed by atoms with E-state index in [2.05, 4.69) is 88.3 Å². The number of carbonyl (C=O) groups is 2. The average Bonchev–Trinajstić information content (AvgIpc) is 3.79. The fourth-order valence-electron chi connectivity index (χ4n) is 19.4. The molecule has 2 N–H and O–H groups in total. The van der Waals surface area contributed by atoms with Crippen LogP contribution >= 0.6 is 0 Å². The van der Waals surface area contributed by atoms with Crippen molar-refractivity contribution in [3.63, 3.8) is 0 Å². The Hall–Kier alpha value is -1.26. The van der Waals surface area contributed by atoms with Gasteiger partial charge >= 0.3 is 0 Å². The second kappa shape index (κ2) is 18.9. The van der Waals surface area contributed by atoms with Gasteiger partial charge in [0.15, 0.2) is 0 Å². The van der Waals surface area contributed by atoms with Gasteiger partial charge in [-0.3, -0.25) is 9.59 Å². The molecule has 4 heteroatoms. The van der Waals surface area contributed by atoms with Crippen LogP contribution in [-0.4, -0.2) is 34.0 Å². The summed E-state index contributed by atoms with van der Waals surface area (Å²) in [6.07, 6.45) is 28.3. The fourth-order valence-corrected chi connectivity index (χ4v) is 19.4. The number of Topliss-reactive ketones (excluding diaryl/α,β-unsaturated/α-hetero) is 2. The molecule has 0 aromatic heterocycles. The van der Waals surface area contributed by atoms with E-state index in [9.17, 15) is 15.0 Å². The zero-order chi connectivity index (χ0) is 46.1. The highest BCUT2D eigenvalue weighted by Crippen LogP contribution is 2.70. The predicted octanol–water partition coefficient (Wildman–Crippen LogP) is 14.8. The first kappa shape index (κ1) is 49.2. The van der Waals surface area contributed by atoms with Gasteiger partial charge in [0, 0.05) is 35.0 Å². The third-order valence-electron chi connectivity index (χ3n) is 22.9. The molecule has 0 spiro atoms. The highest BCUT2D eigenvalue weighted by Gasteiger charge is 2.64. The van der Waals surface area contributed by atoms with Crippen LogP contribution in [0.2, 0.25) is 0 Å². The first-order chi connectivity index (χ1) is 30.2. The first-order valence-corrected chi connectivity index (χ1v) is 28.1. The lowest BCUT2D eigenvalue weighted by molar-refractivity contribution is -0.141. The van der Waals surface area contributed by atoms with Gasteiger partial charge in [0.05, 0.1) is 12.2 Å². The van der Waals surface area contributed by atoms with Crippen LogP contribution in [0.5, 0.6) is 0 Å². The second-order valence-electron chi connectivity index (χ2n) is 26.9. The highest BCUT2D eigenvalue weighted by atomic mass is 16.3. The van der Waals surface area contributed by atoms with Gasteiger partial charge in [-0.1, -0.05) is 138 Å². The number of hydrogen-bond acceptors (Lipinski definition) is 4. The van der Waals surface area contributed by atoms with Crippen LogP contribution in [0.4, 0.5) is 0 Å². The fraction of sp³-hybridized carbons (Fsp3) is 0.900. The number of allylic oxidation sites excluding steroid dienone is 2. The zero-order valence-corrected chi connectivity index (χ0v) is 43.2. The standard InChI is InChI=1S/C60H98O4/c1-36(2)14-12-16-38(5)47-23-25-49-45-21-19-41-32-43(61)34-53(59(41,10)51(45)28-30-57(47,49)8)55(63)27-18-40(7)56(64)54-35-44(62)33-42-20-22-46-50-26-24-48(39(6)17-13-15-37(3)4)58(50,9)31-29-52(46)60(42,54)11/h19-20,36-40,43-54,61-62H,12-18,21-35H2,1-11H3/t38-,39-,40?,43-,44-,45+,46+,47-,48-,49+,50+,51+,52+,53?,54?,57-,58-,59-,60-/m1/s1. The lowest BCUT2D eigenvalue weighted by Gasteiger charge is -2.60. The maximum absolute atomic E-state index is 15.1. The molecule has 8 aliphatic carbocycles. The van der Waals surface area contributed by atoms with E-state index in [1.54, 1.807) is 0 Å². The van der Waals surface area contributed by atoms with E-state index in [4.69, 9.17) is 0 Å². The molecule has 0 radical (unpaired) electrons. The zero-order valence-electron chi connectivity index (χ0n) is 43.2. The summed E-state index contributed by atoms with van der Waals surface area (Å²) >= 11 is 0. The Labute approximate surface area is 393 Å². The van der Waals surface area contributed by atoms with Crippen LogP contribution in [0.15, 0.2) is 23.3 Å². The van der Waals surface area contributed by atoms with E-state index in [0.29, 0.717) is 78.8 Å². The summed E-state index contributed by atoms with van der Waals surface area (Å²) in [4.78, 5) is 30.0. The summed E-state index contributed by atoms with van der Waals surface area (Å²) in [5, 5.41) is 22.7. The normalized spacial score (nSPS) is 45.2. The molecule has 3 unspecified atom stereocenters. The molecular weight excluding hydrogens is 785 g/mol. The molecule has 0 amide bonds. The quantitative estimate of drug-likeness (QED) is 0.151. The minimum Gasteiger partial charge on any atom is -0.393 e. The summed E-state index contributed by atoms with van der Waals surface area (Å²) < 4.78 is 0. The Morgan fingerprint density at radius 3 is 1.47 bits per heavy atom. The smallest absolute Gasteiger partial charge is 0.139 e. The first-order valence-electron chi connectivity index (χ1n) is 28.1. The highest BCUT2D eigenvalue weighted by molar-refractivity contribution is 5.87. The van der Waals surface area contributed by atoms with Crippen molar-refractivity contribution < 1.29 is 19.8 Å². The van der Waals surface area contributed by atoms with Gasteiger partial charge in [0.25, 0.3) is 0 Å². The summed E-state index contributed by atoms with van der Waals surface area (Å²) in [7, 11) is 0. The maximum atomic E-state index is 15.1. The van der Waals surface area contributed by atoms with Crippen LogP contribution in [0, 0.1) is 110 Å². The lowest BCUT2D eigenvalue weighted by Crippen LogP contribution is -2.56. The second-order valence-corrected chi connectivity index (χ2v) is 26.9. The van der Waals surface area contributed by atoms with Crippen molar-refractivity contribution in [3.05, 3.63) is 23.3 Å². The molecule has 362 valence electrons.